The number of allylic oxidation sites excluding steroid dienone is 1. The molecular weight excluding hydrogens is 508 g/mol. The zero-order valence-electron chi connectivity index (χ0n) is 22.9. The number of nitrogens with zero attached hydrogens (tertiary/aromatic N) is 4. The van der Waals surface area contributed by atoms with Crippen molar-refractivity contribution < 1.29 is 14.5 Å². The van der Waals surface area contributed by atoms with Crippen LogP contribution in [0.4, 0.5) is 17.3 Å². The van der Waals surface area contributed by atoms with Gasteiger partial charge in [0, 0.05) is 23.4 Å². The van der Waals surface area contributed by atoms with Gasteiger partial charge in [-0.15, -0.1) is 5.10 Å². The number of rotatable bonds is 6. The smallest absolute Gasteiger partial charge is 0.269 e. The summed E-state index contributed by atoms with van der Waals surface area (Å²) in [6.07, 6.45) is 0. The molecule has 0 saturated heterocycles. The lowest BCUT2D eigenvalue weighted by Crippen LogP contribution is -2.31. The monoisotopic (exact) mass is 538 g/mol. The molecule has 1 aromatic heterocycles. The van der Waals surface area contributed by atoms with Crippen molar-refractivity contribution in [3.05, 3.63) is 105 Å². The first-order valence-corrected chi connectivity index (χ1v) is 12.8. The van der Waals surface area contributed by atoms with Gasteiger partial charge >= 0.3 is 0 Å². The van der Waals surface area contributed by atoms with Crippen LogP contribution in [0.5, 0.6) is 5.75 Å². The number of hydrogen-bond acceptors (Lipinski definition) is 7. The summed E-state index contributed by atoms with van der Waals surface area (Å²) < 4.78 is 7.01. The minimum Gasteiger partial charge on any atom is -0.495 e. The van der Waals surface area contributed by atoms with Crippen LogP contribution in [0, 0.1) is 10.1 Å². The Labute approximate surface area is 231 Å². The van der Waals surface area contributed by atoms with E-state index < -0.39 is 16.9 Å². The molecule has 1 amide bonds. The number of methoxy groups -OCH3 is 1. The van der Waals surface area contributed by atoms with Gasteiger partial charge in [0.2, 0.25) is 5.95 Å². The number of para-hydroxylation sites is 2. The first kappa shape index (κ1) is 26.6. The normalized spacial score (nSPS) is 14.8. The van der Waals surface area contributed by atoms with E-state index >= 15 is 0 Å². The SMILES string of the molecule is COc1ccccc1NC(=O)C1=C(C)Nc2nc(-c3ccc(C(C)(C)C)cc3)nn2C1c1cccc([N+](=O)[O-])c1. The third-order valence-electron chi connectivity index (χ3n) is 6.86. The second kappa shape index (κ2) is 10.3. The molecule has 0 radical (unpaired) electrons. The average molecular weight is 539 g/mol. The van der Waals surface area contributed by atoms with Gasteiger partial charge in [0.25, 0.3) is 11.6 Å². The maximum atomic E-state index is 13.8. The van der Waals surface area contributed by atoms with E-state index in [2.05, 4.69) is 43.5 Å². The van der Waals surface area contributed by atoms with Crippen molar-refractivity contribution in [2.45, 2.75) is 39.2 Å². The predicted molar refractivity (Wildman–Crippen MR) is 153 cm³/mol. The summed E-state index contributed by atoms with van der Waals surface area (Å²) in [7, 11) is 1.53. The quantitative estimate of drug-likeness (QED) is 0.225. The summed E-state index contributed by atoms with van der Waals surface area (Å²) in [6.45, 7) is 8.22. The Morgan fingerprint density at radius 1 is 1.07 bits per heavy atom. The van der Waals surface area contributed by atoms with Crippen molar-refractivity contribution in [3.63, 3.8) is 0 Å². The van der Waals surface area contributed by atoms with Crippen molar-refractivity contribution in [1.29, 1.82) is 0 Å². The number of carbonyl (C=O) groups is 1. The summed E-state index contributed by atoms with van der Waals surface area (Å²) in [6, 6.07) is 20.6. The standard InChI is InChI=1S/C30H30N6O4/c1-18-25(28(37)32-23-11-6-7-12-24(23)40-5)26(20-9-8-10-22(17-20)36(38)39)35-29(31-18)33-27(34-35)19-13-15-21(16-14-19)30(2,3)4/h6-17,26H,1-5H3,(H,32,37)(H,31,33,34). The van der Waals surface area contributed by atoms with Crippen LogP contribution in [0.25, 0.3) is 11.4 Å². The zero-order valence-corrected chi connectivity index (χ0v) is 22.9. The number of amides is 1. The number of fused-ring (bicyclic) bond motifs is 1. The molecule has 0 bridgehead atoms. The highest BCUT2D eigenvalue weighted by atomic mass is 16.6. The fraction of sp³-hybridized carbons (Fsp3) is 0.233. The molecule has 2 N–H and O–H groups in total. The number of aromatic nitrogens is 3. The van der Waals surface area contributed by atoms with E-state index in [0.29, 0.717) is 40.0 Å². The van der Waals surface area contributed by atoms with Crippen LogP contribution in [0.3, 0.4) is 0 Å². The van der Waals surface area contributed by atoms with Gasteiger partial charge in [0.05, 0.1) is 23.3 Å². The zero-order chi connectivity index (χ0) is 28.6. The molecule has 0 aliphatic carbocycles. The highest BCUT2D eigenvalue weighted by Gasteiger charge is 2.35. The molecule has 0 saturated carbocycles. The molecule has 2 heterocycles. The highest BCUT2D eigenvalue weighted by molar-refractivity contribution is 6.06. The van der Waals surface area contributed by atoms with Gasteiger partial charge in [-0.3, -0.25) is 14.9 Å². The Hall–Kier alpha value is -4.99. The maximum absolute atomic E-state index is 13.8. The van der Waals surface area contributed by atoms with Gasteiger partial charge in [-0.05, 0) is 35.6 Å². The van der Waals surface area contributed by atoms with Gasteiger partial charge in [-0.1, -0.05) is 69.3 Å². The summed E-state index contributed by atoms with van der Waals surface area (Å²) in [5.41, 5.74) is 3.83. The summed E-state index contributed by atoms with van der Waals surface area (Å²) >= 11 is 0. The molecule has 5 rings (SSSR count). The van der Waals surface area contributed by atoms with Gasteiger partial charge in [-0.2, -0.15) is 4.98 Å². The van der Waals surface area contributed by atoms with E-state index in [4.69, 9.17) is 14.8 Å². The van der Waals surface area contributed by atoms with Crippen LogP contribution in [0.1, 0.15) is 44.9 Å². The van der Waals surface area contributed by atoms with Gasteiger partial charge in [-0.25, -0.2) is 4.68 Å². The predicted octanol–water partition coefficient (Wildman–Crippen LogP) is 6.09. The Morgan fingerprint density at radius 3 is 2.48 bits per heavy atom. The molecule has 204 valence electrons. The van der Waals surface area contributed by atoms with Gasteiger partial charge in [0.1, 0.15) is 11.8 Å². The maximum Gasteiger partial charge on any atom is 0.269 e. The molecule has 1 aliphatic heterocycles. The molecular formula is C30H30N6O4. The third kappa shape index (κ3) is 5.03. The number of non-ortho nitro benzene ring substituents is 1. The average Bonchev–Trinajstić information content (AvgIpc) is 3.35. The van der Waals surface area contributed by atoms with Crippen molar-refractivity contribution in [1.82, 2.24) is 14.8 Å². The van der Waals surface area contributed by atoms with Crippen LogP contribution in [0.2, 0.25) is 0 Å². The van der Waals surface area contributed by atoms with Crippen LogP contribution in [-0.2, 0) is 10.2 Å². The number of ether oxygens (including phenoxy) is 1. The van der Waals surface area contributed by atoms with Gasteiger partial charge < -0.3 is 15.4 Å². The number of hydrogen-bond donors (Lipinski definition) is 2. The Kier molecular flexibility index (Phi) is 6.85. The van der Waals surface area contributed by atoms with Crippen molar-refractivity contribution >= 4 is 23.2 Å². The topological polar surface area (TPSA) is 124 Å². The summed E-state index contributed by atoms with van der Waals surface area (Å²) in [5.74, 6) is 1.01. The van der Waals surface area contributed by atoms with Crippen LogP contribution in [-0.4, -0.2) is 32.7 Å². The van der Waals surface area contributed by atoms with E-state index in [0.717, 1.165) is 5.56 Å². The molecule has 0 fully saturated rings. The van der Waals surface area contributed by atoms with E-state index in [1.165, 1.54) is 24.8 Å². The number of carbonyl (C=O) groups excluding carboxylic acids is 1. The first-order chi connectivity index (χ1) is 19.1. The van der Waals surface area contributed by atoms with Crippen molar-refractivity contribution in [2.24, 2.45) is 0 Å². The molecule has 1 unspecified atom stereocenters. The Morgan fingerprint density at radius 2 is 1.80 bits per heavy atom. The number of nitrogens with one attached hydrogen (secondary N) is 2. The first-order valence-electron chi connectivity index (χ1n) is 12.8. The summed E-state index contributed by atoms with van der Waals surface area (Å²) in [5, 5.41) is 22.5. The number of nitro benzene ring substituents is 1. The molecule has 10 heteroatoms. The third-order valence-corrected chi connectivity index (χ3v) is 6.86. The molecule has 1 aliphatic rings. The second-order valence-corrected chi connectivity index (χ2v) is 10.6. The van der Waals surface area contributed by atoms with E-state index in [1.807, 2.05) is 18.2 Å². The molecule has 3 aromatic carbocycles. The molecule has 10 nitrogen and oxygen atoms in total. The minimum atomic E-state index is -0.777. The fourth-order valence-electron chi connectivity index (χ4n) is 4.74. The lowest BCUT2D eigenvalue weighted by Gasteiger charge is -2.28. The fourth-order valence-corrected chi connectivity index (χ4v) is 4.74. The number of benzene rings is 3. The lowest BCUT2D eigenvalue weighted by molar-refractivity contribution is -0.384. The number of nitro groups is 1. The van der Waals surface area contributed by atoms with Crippen LogP contribution >= 0.6 is 0 Å². The van der Waals surface area contributed by atoms with Crippen molar-refractivity contribution in [3.8, 4) is 17.1 Å². The van der Waals surface area contributed by atoms with E-state index in [1.54, 1.807) is 41.9 Å². The van der Waals surface area contributed by atoms with Crippen LogP contribution in [0.15, 0.2) is 84.1 Å². The lowest BCUT2D eigenvalue weighted by atomic mass is 9.87. The molecule has 40 heavy (non-hydrogen) atoms. The largest absolute Gasteiger partial charge is 0.495 e. The second-order valence-electron chi connectivity index (χ2n) is 10.6. The van der Waals surface area contributed by atoms with Crippen molar-refractivity contribution in [2.75, 3.05) is 17.7 Å². The van der Waals surface area contributed by atoms with Gasteiger partial charge in [0.15, 0.2) is 5.82 Å². The number of anilines is 2. The van der Waals surface area contributed by atoms with E-state index in [-0.39, 0.29) is 11.1 Å². The Balaban J connectivity index is 1.60. The minimum absolute atomic E-state index is 0.00119. The van der Waals surface area contributed by atoms with Crippen LogP contribution < -0.4 is 15.4 Å². The molecule has 4 aromatic rings. The van der Waals surface area contributed by atoms with E-state index in [9.17, 15) is 14.9 Å². The highest BCUT2D eigenvalue weighted by Crippen LogP contribution is 2.38. The Bertz CT molecular complexity index is 1630. The molecule has 0 spiro atoms. The molecule has 1 atom stereocenters. The summed E-state index contributed by atoms with van der Waals surface area (Å²) in [4.78, 5) is 29.7.